The van der Waals surface area contributed by atoms with Crippen molar-refractivity contribution in [1.82, 2.24) is 24.1 Å². The molecule has 0 aromatic carbocycles. The van der Waals surface area contributed by atoms with E-state index >= 15 is 0 Å². The number of aromatic nitrogens is 6. The van der Waals surface area contributed by atoms with Crippen molar-refractivity contribution in [3.05, 3.63) is 48.9 Å². The largest absolute Gasteiger partial charge is 0.330 e. The van der Waals surface area contributed by atoms with Gasteiger partial charge in [-0.15, -0.1) is 4.98 Å². The maximum Gasteiger partial charge on any atom is 0.291 e. The van der Waals surface area contributed by atoms with Gasteiger partial charge in [-0.1, -0.05) is 46.5 Å². The number of imidazole rings is 1. The number of pyridine rings is 1. The summed E-state index contributed by atoms with van der Waals surface area (Å²) in [6, 6.07) is 5.57. The van der Waals surface area contributed by atoms with E-state index in [1.54, 1.807) is 0 Å². The highest BCUT2D eigenvalue weighted by atomic mass is 15.2. The fourth-order valence-electron chi connectivity index (χ4n) is 3.70. The van der Waals surface area contributed by atoms with Gasteiger partial charge in [0.25, 0.3) is 5.65 Å². The van der Waals surface area contributed by atoms with Gasteiger partial charge in [-0.2, -0.15) is 0 Å². The molecule has 0 aliphatic heterocycles. The summed E-state index contributed by atoms with van der Waals surface area (Å²) in [6.07, 6.45) is 9.65. The maximum atomic E-state index is 4.47. The van der Waals surface area contributed by atoms with Gasteiger partial charge in [-0.25, -0.2) is 9.55 Å². The first-order valence-electron chi connectivity index (χ1n) is 12.9. The van der Waals surface area contributed by atoms with Crippen LogP contribution in [0.4, 0.5) is 0 Å². The van der Waals surface area contributed by atoms with Gasteiger partial charge in [0, 0.05) is 29.9 Å². The van der Waals surface area contributed by atoms with Crippen LogP contribution in [0.2, 0.25) is 0 Å². The summed E-state index contributed by atoms with van der Waals surface area (Å²) in [5.41, 5.74) is 4.60. The molecule has 4 heterocycles. The first-order valence-corrected chi connectivity index (χ1v) is 12.9. The van der Waals surface area contributed by atoms with Crippen LogP contribution in [0.3, 0.4) is 0 Å². The molecule has 0 fully saturated rings. The highest BCUT2D eigenvalue weighted by Gasteiger charge is 2.16. The quantitative estimate of drug-likeness (QED) is 0.289. The van der Waals surface area contributed by atoms with Crippen molar-refractivity contribution < 1.29 is 4.57 Å². The van der Waals surface area contributed by atoms with Gasteiger partial charge >= 0.3 is 0 Å². The molecule has 0 bridgehead atoms. The van der Waals surface area contributed by atoms with Crippen molar-refractivity contribution in [2.75, 3.05) is 0 Å². The summed E-state index contributed by atoms with van der Waals surface area (Å²) in [6.45, 7) is 25.4. The number of hydrogen-bond acceptors (Lipinski definition) is 3. The summed E-state index contributed by atoms with van der Waals surface area (Å²) >= 11 is 0. The van der Waals surface area contributed by atoms with Crippen LogP contribution < -0.4 is 4.57 Å². The molecular weight excluding hydrogens is 420 g/mol. The van der Waals surface area contributed by atoms with Gasteiger partial charge < -0.3 is 9.13 Å². The van der Waals surface area contributed by atoms with Gasteiger partial charge in [0.15, 0.2) is 11.8 Å². The third-order valence-electron chi connectivity index (χ3n) is 5.38. The molecular formula is C28H47N6+. The molecule has 6 heteroatoms. The number of rotatable bonds is 4. The minimum atomic E-state index is 0.386. The average Bonchev–Trinajstić information content (AvgIpc) is 3.46. The Labute approximate surface area is 207 Å². The molecule has 0 radical (unpaired) electrons. The monoisotopic (exact) mass is 467 g/mol. The van der Waals surface area contributed by atoms with Crippen molar-refractivity contribution in [1.29, 1.82) is 0 Å². The Morgan fingerprint density at radius 3 is 1.94 bits per heavy atom. The zero-order chi connectivity index (χ0) is 26.0. The second-order valence-electron chi connectivity index (χ2n) is 8.96. The Balaban J connectivity index is 0.000000297. The van der Waals surface area contributed by atoms with E-state index in [9.17, 15) is 0 Å². The molecule has 188 valence electrons. The average molecular weight is 468 g/mol. The Hall–Kier alpha value is -2.76. The highest BCUT2D eigenvalue weighted by molar-refractivity contribution is 5.80. The van der Waals surface area contributed by atoms with E-state index in [1.165, 1.54) is 10.9 Å². The Kier molecular flexibility index (Phi) is 11.9. The summed E-state index contributed by atoms with van der Waals surface area (Å²) in [4.78, 5) is 13.2. The lowest BCUT2D eigenvalue weighted by molar-refractivity contribution is -0.695. The van der Waals surface area contributed by atoms with Crippen LogP contribution in [0.25, 0.3) is 22.2 Å². The highest BCUT2D eigenvalue weighted by Crippen LogP contribution is 2.26. The number of nitrogens with zero attached hydrogens (tertiary/aromatic N) is 6. The van der Waals surface area contributed by atoms with E-state index in [1.807, 2.05) is 52.7 Å². The third-order valence-corrected chi connectivity index (χ3v) is 5.38. The zero-order valence-electron chi connectivity index (χ0n) is 23.5. The molecule has 0 N–H and O–H groups in total. The molecule has 4 aromatic heterocycles. The van der Waals surface area contributed by atoms with Gasteiger partial charge in [0.2, 0.25) is 6.33 Å². The molecule has 0 saturated heterocycles. The topological polar surface area (TPSA) is 52.4 Å². The smallest absolute Gasteiger partial charge is 0.291 e. The third kappa shape index (κ3) is 6.64. The minimum Gasteiger partial charge on any atom is -0.330 e. The van der Waals surface area contributed by atoms with E-state index in [-0.39, 0.29) is 0 Å². The normalized spacial score (nSPS) is 10.8. The van der Waals surface area contributed by atoms with Gasteiger partial charge in [-0.05, 0) is 65.2 Å². The number of hydrogen-bond donors (Lipinski definition) is 0. The van der Waals surface area contributed by atoms with Gasteiger partial charge in [0.1, 0.15) is 11.8 Å². The lowest BCUT2D eigenvalue weighted by atomic mass is 10.0. The van der Waals surface area contributed by atoms with Crippen LogP contribution in [0.1, 0.15) is 113 Å². The lowest BCUT2D eigenvalue weighted by Gasteiger charge is -2.10. The van der Waals surface area contributed by atoms with Gasteiger partial charge in [-0.3, -0.25) is 0 Å². The van der Waals surface area contributed by atoms with E-state index in [4.69, 9.17) is 0 Å². The molecule has 0 aliphatic carbocycles. The van der Waals surface area contributed by atoms with E-state index in [0.717, 1.165) is 16.8 Å². The predicted molar refractivity (Wildman–Crippen MR) is 145 cm³/mol. The van der Waals surface area contributed by atoms with Crippen LogP contribution in [0, 0.1) is 0 Å². The predicted octanol–water partition coefficient (Wildman–Crippen LogP) is 7.67. The Bertz CT molecular complexity index is 1030. The van der Waals surface area contributed by atoms with Crippen molar-refractivity contribution in [2.24, 2.45) is 0 Å². The second-order valence-corrected chi connectivity index (χ2v) is 8.96. The van der Waals surface area contributed by atoms with Crippen LogP contribution in [-0.4, -0.2) is 24.1 Å². The molecule has 0 aliphatic rings. The van der Waals surface area contributed by atoms with Crippen molar-refractivity contribution >= 4 is 22.2 Å². The van der Waals surface area contributed by atoms with E-state index in [2.05, 4.69) is 102 Å². The molecule has 34 heavy (non-hydrogen) atoms. The summed E-state index contributed by atoms with van der Waals surface area (Å²) in [7, 11) is 0. The van der Waals surface area contributed by atoms with Crippen molar-refractivity contribution in [3.8, 4) is 0 Å². The molecule has 0 saturated carbocycles. The maximum absolute atomic E-state index is 4.47. The SMILES string of the molecule is CC.CC.CC(C)c1ccnc2c1ccn2C(C)C.CC(C)n1cnc2c1cnc[n+]2C(C)C. The summed E-state index contributed by atoms with van der Waals surface area (Å²) in [5.74, 6) is 0.554. The van der Waals surface area contributed by atoms with Crippen molar-refractivity contribution in [3.63, 3.8) is 0 Å². The molecule has 0 spiro atoms. The molecule has 0 atom stereocenters. The van der Waals surface area contributed by atoms with Crippen LogP contribution in [-0.2, 0) is 0 Å². The molecule has 0 unspecified atom stereocenters. The number of fused-ring (bicyclic) bond motifs is 2. The van der Waals surface area contributed by atoms with E-state index < -0.39 is 0 Å². The second kappa shape index (κ2) is 13.8. The standard InChI is InChI=1S/C13H18N2.C11H17N4.2C2H6/c1-9(2)11-5-7-14-13-12(11)6-8-15(13)10(3)4;1-8(2)14-7-13-11-10(14)5-12-6-15(11)9(3)4;2*1-2/h5-10H,1-4H3;5-9H,1-4H3;2*1-2H3/q;+1;;. The molecule has 4 aromatic rings. The first kappa shape index (κ1) is 29.3. The molecule has 0 amide bonds. The Morgan fingerprint density at radius 1 is 0.794 bits per heavy atom. The van der Waals surface area contributed by atoms with Crippen LogP contribution >= 0.6 is 0 Å². The molecule has 4 rings (SSSR count). The van der Waals surface area contributed by atoms with Crippen LogP contribution in [0.5, 0.6) is 0 Å². The summed E-state index contributed by atoms with van der Waals surface area (Å²) in [5, 5.41) is 1.29. The first-order chi connectivity index (χ1) is 16.2. The Morgan fingerprint density at radius 2 is 1.41 bits per heavy atom. The summed E-state index contributed by atoms with van der Waals surface area (Å²) < 4.78 is 6.45. The van der Waals surface area contributed by atoms with Crippen molar-refractivity contribution in [2.45, 2.75) is 107 Å². The fraction of sp³-hybridized carbons (Fsp3) is 0.571. The zero-order valence-corrected chi connectivity index (χ0v) is 23.5. The van der Waals surface area contributed by atoms with Gasteiger partial charge in [0.05, 0.1) is 6.04 Å². The van der Waals surface area contributed by atoms with E-state index in [0.29, 0.717) is 24.0 Å². The minimum absolute atomic E-state index is 0.386. The van der Waals surface area contributed by atoms with Crippen LogP contribution in [0.15, 0.2) is 43.4 Å². The fourth-order valence-corrected chi connectivity index (χ4v) is 3.70. The lowest BCUT2D eigenvalue weighted by Crippen LogP contribution is -2.37. The molecule has 6 nitrogen and oxygen atoms in total.